The second kappa shape index (κ2) is 9.34. The third-order valence-electron chi connectivity index (χ3n) is 4.34. The molecular formula is C22H22N2O4S2. The van der Waals surface area contributed by atoms with Gasteiger partial charge in [-0.1, -0.05) is 24.3 Å². The van der Waals surface area contributed by atoms with Gasteiger partial charge in [0.1, 0.15) is 5.01 Å². The van der Waals surface area contributed by atoms with Gasteiger partial charge in [0.2, 0.25) is 10.0 Å². The Morgan fingerprint density at radius 1 is 1.13 bits per heavy atom. The molecule has 3 rings (SSSR count). The van der Waals surface area contributed by atoms with Gasteiger partial charge in [-0.3, -0.25) is 0 Å². The van der Waals surface area contributed by atoms with E-state index in [2.05, 4.69) is 18.1 Å². The molecule has 0 saturated carbocycles. The number of carbonyl (C=O) groups is 1. The van der Waals surface area contributed by atoms with Gasteiger partial charge >= 0.3 is 5.97 Å². The fourth-order valence-corrected chi connectivity index (χ4v) is 5.14. The van der Waals surface area contributed by atoms with Crippen molar-refractivity contribution in [1.82, 2.24) is 9.29 Å². The van der Waals surface area contributed by atoms with Crippen LogP contribution in [-0.4, -0.2) is 36.8 Å². The molecule has 0 saturated heterocycles. The number of fused-ring (bicyclic) bond motifs is 1. The SMILES string of the molecule is C=CCN(CC=C)S(=O)(=O)c1ccc(C(=O)OC(C)c2nc3ccccc3s2)cc1. The number of carbonyl (C=O) groups excluding carboxylic acids is 1. The first-order chi connectivity index (χ1) is 14.4. The highest BCUT2D eigenvalue weighted by Crippen LogP contribution is 2.28. The molecule has 0 aliphatic rings. The molecule has 2 aromatic carbocycles. The molecule has 156 valence electrons. The van der Waals surface area contributed by atoms with Crippen molar-refractivity contribution in [2.24, 2.45) is 0 Å². The number of hydrogen-bond donors (Lipinski definition) is 0. The zero-order valence-electron chi connectivity index (χ0n) is 16.5. The zero-order valence-corrected chi connectivity index (χ0v) is 18.2. The molecule has 0 spiro atoms. The van der Waals surface area contributed by atoms with Gasteiger partial charge in [-0.15, -0.1) is 24.5 Å². The second-order valence-electron chi connectivity index (χ2n) is 6.49. The minimum absolute atomic E-state index is 0.0852. The maximum Gasteiger partial charge on any atom is 0.338 e. The third-order valence-corrected chi connectivity index (χ3v) is 7.38. The molecule has 1 heterocycles. The highest BCUT2D eigenvalue weighted by Gasteiger charge is 2.23. The Morgan fingerprint density at radius 3 is 2.37 bits per heavy atom. The summed E-state index contributed by atoms with van der Waals surface area (Å²) in [5.74, 6) is -0.542. The smallest absolute Gasteiger partial charge is 0.338 e. The zero-order chi connectivity index (χ0) is 21.7. The summed E-state index contributed by atoms with van der Waals surface area (Å²) in [5.41, 5.74) is 1.12. The molecule has 1 unspecified atom stereocenters. The van der Waals surface area contributed by atoms with Gasteiger partial charge in [-0.05, 0) is 43.3 Å². The fraction of sp³-hybridized carbons (Fsp3) is 0.182. The summed E-state index contributed by atoms with van der Waals surface area (Å²) in [6.07, 6.45) is 2.50. The largest absolute Gasteiger partial charge is 0.452 e. The van der Waals surface area contributed by atoms with Crippen molar-refractivity contribution in [3.63, 3.8) is 0 Å². The number of thiazole rings is 1. The molecule has 3 aromatic rings. The van der Waals surface area contributed by atoms with Gasteiger partial charge in [0, 0.05) is 13.1 Å². The van der Waals surface area contributed by atoms with Crippen molar-refractivity contribution in [3.8, 4) is 0 Å². The first-order valence-electron chi connectivity index (χ1n) is 9.25. The lowest BCUT2D eigenvalue weighted by Gasteiger charge is -2.19. The van der Waals surface area contributed by atoms with Crippen molar-refractivity contribution in [2.75, 3.05) is 13.1 Å². The summed E-state index contributed by atoms with van der Waals surface area (Å²) >= 11 is 1.47. The minimum Gasteiger partial charge on any atom is -0.452 e. The molecule has 0 aliphatic carbocycles. The second-order valence-corrected chi connectivity index (χ2v) is 9.49. The van der Waals surface area contributed by atoms with E-state index in [1.54, 1.807) is 6.92 Å². The molecule has 1 aromatic heterocycles. The Hall–Kier alpha value is -2.81. The van der Waals surface area contributed by atoms with E-state index in [0.717, 1.165) is 10.2 Å². The molecular weight excluding hydrogens is 420 g/mol. The van der Waals surface area contributed by atoms with Crippen molar-refractivity contribution >= 4 is 37.5 Å². The third kappa shape index (κ3) is 4.67. The van der Waals surface area contributed by atoms with E-state index in [1.807, 2.05) is 24.3 Å². The summed E-state index contributed by atoms with van der Waals surface area (Å²) in [7, 11) is -3.72. The van der Waals surface area contributed by atoms with Crippen molar-refractivity contribution in [3.05, 3.63) is 84.4 Å². The highest BCUT2D eigenvalue weighted by molar-refractivity contribution is 7.89. The number of para-hydroxylation sites is 1. The molecule has 1 atom stereocenters. The van der Waals surface area contributed by atoms with Gasteiger partial charge < -0.3 is 4.74 Å². The van der Waals surface area contributed by atoms with Gasteiger partial charge in [0.25, 0.3) is 0 Å². The minimum atomic E-state index is -3.72. The normalized spacial score (nSPS) is 12.6. The standard InChI is InChI=1S/C22H22N2O4S2/c1-4-14-24(15-5-2)30(26,27)18-12-10-17(11-13-18)22(25)28-16(3)21-23-19-8-6-7-9-20(19)29-21/h4-13,16H,1-2,14-15H2,3H3. The molecule has 8 heteroatoms. The molecule has 0 amide bonds. The average Bonchev–Trinajstić information content (AvgIpc) is 3.18. The predicted octanol–water partition coefficient (Wildman–Crippen LogP) is 4.58. The van der Waals surface area contributed by atoms with Crippen molar-refractivity contribution in [2.45, 2.75) is 17.9 Å². The van der Waals surface area contributed by atoms with Gasteiger partial charge in [0.15, 0.2) is 6.10 Å². The van der Waals surface area contributed by atoms with Crippen LogP contribution in [0.3, 0.4) is 0 Å². The Labute approximate surface area is 180 Å². The van der Waals surface area contributed by atoms with E-state index in [-0.39, 0.29) is 23.5 Å². The first kappa shape index (κ1) is 21.9. The van der Waals surface area contributed by atoms with E-state index in [4.69, 9.17) is 4.74 Å². The topological polar surface area (TPSA) is 76.6 Å². The number of sulfonamides is 1. The molecule has 30 heavy (non-hydrogen) atoms. The number of nitrogens with zero attached hydrogens (tertiary/aromatic N) is 2. The number of rotatable bonds is 9. The molecule has 0 aliphatic heterocycles. The van der Waals surface area contributed by atoms with Crippen LogP contribution in [0.4, 0.5) is 0 Å². The Bertz CT molecular complexity index is 1120. The van der Waals surface area contributed by atoms with Crippen LogP contribution >= 0.6 is 11.3 Å². The maximum atomic E-state index is 12.7. The summed E-state index contributed by atoms with van der Waals surface area (Å²) in [6.45, 7) is 9.27. The van der Waals surface area contributed by atoms with Crippen LogP contribution in [-0.2, 0) is 14.8 Å². The number of benzene rings is 2. The number of ether oxygens (including phenoxy) is 1. The highest BCUT2D eigenvalue weighted by atomic mass is 32.2. The van der Waals surface area contributed by atoms with E-state index in [0.29, 0.717) is 5.01 Å². The number of hydrogen-bond acceptors (Lipinski definition) is 6. The predicted molar refractivity (Wildman–Crippen MR) is 119 cm³/mol. The Balaban J connectivity index is 1.74. The summed E-state index contributed by atoms with van der Waals surface area (Å²) < 4.78 is 33.3. The van der Waals surface area contributed by atoms with E-state index < -0.39 is 22.1 Å². The number of aromatic nitrogens is 1. The van der Waals surface area contributed by atoms with Crippen LogP contribution in [0.15, 0.2) is 78.7 Å². The van der Waals surface area contributed by atoms with Crippen LogP contribution in [0.1, 0.15) is 28.4 Å². The monoisotopic (exact) mass is 442 g/mol. The summed E-state index contributed by atoms with van der Waals surface area (Å²) in [4.78, 5) is 17.1. The quantitative estimate of drug-likeness (QED) is 0.358. The molecule has 6 nitrogen and oxygen atoms in total. The van der Waals surface area contributed by atoms with E-state index in [1.165, 1.54) is 52.1 Å². The molecule has 0 N–H and O–H groups in total. The maximum absolute atomic E-state index is 12.7. The van der Waals surface area contributed by atoms with Crippen LogP contribution in [0, 0.1) is 0 Å². The van der Waals surface area contributed by atoms with Gasteiger partial charge in [-0.2, -0.15) is 4.31 Å². The lowest BCUT2D eigenvalue weighted by atomic mass is 10.2. The summed E-state index contributed by atoms with van der Waals surface area (Å²) in [5, 5.41) is 0.702. The van der Waals surface area contributed by atoms with E-state index in [9.17, 15) is 13.2 Å². The van der Waals surface area contributed by atoms with Crippen molar-refractivity contribution < 1.29 is 17.9 Å². The van der Waals surface area contributed by atoms with Crippen LogP contribution in [0.25, 0.3) is 10.2 Å². The number of esters is 1. The van der Waals surface area contributed by atoms with Gasteiger partial charge in [0.05, 0.1) is 20.7 Å². The Morgan fingerprint density at radius 2 is 1.77 bits per heavy atom. The fourth-order valence-electron chi connectivity index (χ4n) is 2.81. The molecule has 0 radical (unpaired) electrons. The van der Waals surface area contributed by atoms with E-state index >= 15 is 0 Å². The average molecular weight is 443 g/mol. The lowest BCUT2D eigenvalue weighted by molar-refractivity contribution is 0.0337. The lowest BCUT2D eigenvalue weighted by Crippen LogP contribution is -2.31. The first-order valence-corrected chi connectivity index (χ1v) is 11.5. The van der Waals surface area contributed by atoms with Crippen LogP contribution in [0.5, 0.6) is 0 Å². The van der Waals surface area contributed by atoms with Crippen LogP contribution in [0.2, 0.25) is 0 Å². The summed E-state index contributed by atoms with van der Waals surface area (Å²) in [6, 6.07) is 13.4. The van der Waals surface area contributed by atoms with Crippen LogP contribution < -0.4 is 0 Å². The molecule has 0 bridgehead atoms. The molecule has 0 fully saturated rings. The van der Waals surface area contributed by atoms with Gasteiger partial charge in [-0.25, -0.2) is 18.2 Å². The Kier molecular flexibility index (Phi) is 6.81. The van der Waals surface area contributed by atoms with Crippen molar-refractivity contribution in [1.29, 1.82) is 0 Å².